The SMILES string of the molecule is Bc1c2cc(C)cc1N(c1ccccc1C(C)(C)C)c1ccccc1-c1c-2cccc1-c1c(C)sc2ccccc12. The normalized spacial score (nSPS) is 12.6. The molecule has 1 aliphatic rings. The molecule has 1 aromatic heterocycles. The van der Waals surface area contributed by atoms with Crippen molar-refractivity contribution in [3.8, 4) is 33.4 Å². The zero-order valence-corrected chi connectivity index (χ0v) is 25.5. The van der Waals surface area contributed by atoms with Gasteiger partial charge in [0.15, 0.2) is 0 Å². The van der Waals surface area contributed by atoms with Crippen molar-refractivity contribution in [2.75, 3.05) is 4.90 Å². The Morgan fingerprint density at radius 3 is 2.07 bits per heavy atom. The van der Waals surface area contributed by atoms with Crippen molar-refractivity contribution >= 4 is 51.8 Å². The lowest BCUT2D eigenvalue weighted by Gasteiger charge is -2.37. The van der Waals surface area contributed by atoms with E-state index >= 15 is 0 Å². The van der Waals surface area contributed by atoms with Crippen LogP contribution in [-0.4, -0.2) is 7.85 Å². The third-order valence-electron chi connectivity index (χ3n) is 8.53. The molecule has 3 heteroatoms. The summed E-state index contributed by atoms with van der Waals surface area (Å²) in [6, 6.07) is 38.4. The molecule has 0 saturated carbocycles. The zero-order chi connectivity index (χ0) is 28.5. The summed E-state index contributed by atoms with van der Waals surface area (Å²) in [5.74, 6) is 0. The fourth-order valence-corrected chi connectivity index (χ4v) is 7.78. The maximum absolute atomic E-state index is 2.53. The van der Waals surface area contributed by atoms with Crippen LogP contribution in [0, 0.1) is 13.8 Å². The number of thiophene rings is 1. The highest BCUT2D eigenvalue weighted by molar-refractivity contribution is 7.19. The van der Waals surface area contributed by atoms with Crippen molar-refractivity contribution < 1.29 is 0 Å². The maximum atomic E-state index is 2.53. The number of para-hydroxylation sites is 2. The van der Waals surface area contributed by atoms with Crippen molar-refractivity contribution in [1.82, 2.24) is 0 Å². The van der Waals surface area contributed by atoms with E-state index in [0.29, 0.717) is 0 Å². The minimum atomic E-state index is -0.00969. The van der Waals surface area contributed by atoms with Crippen molar-refractivity contribution in [2.24, 2.45) is 0 Å². The molecule has 0 N–H and O–H groups in total. The lowest BCUT2D eigenvalue weighted by Crippen LogP contribution is -2.26. The van der Waals surface area contributed by atoms with Gasteiger partial charge in [0.1, 0.15) is 7.85 Å². The number of aryl methyl sites for hydroxylation is 2. The summed E-state index contributed by atoms with van der Waals surface area (Å²) >= 11 is 1.89. The molecule has 7 rings (SSSR count). The lowest BCUT2D eigenvalue weighted by atomic mass is 9.77. The molecule has 6 aromatic rings. The number of rotatable bonds is 2. The molecule has 2 heterocycles. The van der Waals surface area contributed by atoms with Gasteiger partial charge < -0.3 is 4.90 Å². The summed E-state index contributed by atoms with van der Waals surface area (Å²) in [7, 11) is 2.30. The fourth-order valence-electron chi connectivity index (χ4n) is 6.70. The van der Waals surface area contributed by atoms with Gasteiger partial charge in [-0.2, -0.15) is 0 Å². The van der Waals surface area contributed by atoms with Crippen molar-refractivity contribution in [2.45, 2.75) is 40.0 Å². The Morgan fingerprint density at radius 1 is 0.610 bits per heavy atom. The van der Waals surface area contributed by atoms with E-state index in [4.69, 9.17) is 0 Å². The number of hydrogen-bond donors (Lipinski definition) is 0. The van der Waals surface area contributed by atoms with Gasteiger partial charge in [0.25, 0.3) is 0 Å². The van der Waals surface area contributed by atoms with Crippen LogP contribution in [0.15, 0.2) is 103 Å². The Hall–Kier alpha value is -4.08. The predicted octanol–water partition coefficient (Wildman–Crippen LogP) is 9.86. The molecule has 0 saturated heterocycles. The van der Waals surface area contributed by atoms with E-state index in [1.807, 2.05) is 11.3 Å². The van der Waals surface area contributed by atoms with Gasteiger partial charge in [0.2, 0.25) is 0 Å². The van der Waals surface area contributed by atoms with Crippen molar-refractivity contribution in [1.29, 1.82) is 0 Å². The molecule has 5 aromatic carbocycles. The zero-order valence-electron chi connectivity index (χ0n) is 24.7. The van der Waals surface area contributed by atoms with Crippen LogP contribution in [0.4, 0.5) is 17.1 Å². The van der Waals surface area contributed by atoms with E-state index < -0.39 is 0 Å². The smallest absolute Gasteiger partial charge is 0.142 e. The van der Waals surface area contributed by atoms with Crippen LogP contribution in [0.25, 0.3) is 43.5 Å². The molecule has 1 nitrogen and oxygen atoms in total. The van der Waals surface area contributed by atoms with Crippen LogP contribution in [0.2, 0.25) is 0 Å². The van der Waals surface area contributed by atoms with Crippen molar-refractivity contribution in [3.63, 3.8) is 0 Å². The first-order chi connectivity index (χ1) is 19.7. The maximum Gasteiger partial charge on any atom is 0.142 e. The van der Waals surface area contributed by atoms with Gasteiger partial charge in [-0.1, -0.05) is 105 Å². The third-order valence-corrected chi connectivity index (χ3v) is 9.61. The summed E-state index contributed by atoms with van der Waals surface area (Å²) in [6.07, 6.45) is 0. The number of hydrogen-bond acceptors (Lipinski definition) is 2. The van der Waals surface area contributed by atoms with Gasteiger partial charge in [-0.3, -0.25) is 0 Å². The van der Waals surface area contributed by atoms with Crippen LogP contribution < -0.4 is 10.4 Å². The van der Waals surface area contributed by atoms with Crippen LogP contribution in [0.3, 0.4) is 0 Å². The summed E-state index contributed by atoms with van der Waals surface area (Å²) in [5, 5.41) is 1.33. The Morgan fingerprint density at radius 2 is 1.27 bits per heavy atom. The Balaban J connectivity index is 1.65. The molecule has 200 valence electrons. The first-order valence-corrected chi connectivity index (χ1v) is 15.3. The molecule has 0 radical (unpaired) electrons. The van der Waals surface area contributed by atoms with Crippen LogP contribution >= 0.6 is 11.3 Å². The average Bonchev–Trinajstić information content (AvgIpc) is 3.29. The molecule has 0 unspecified atom stereocenters. The minimum absolute atomic E-state index is 0.00969. The third kappa shape index (κ3) is 4.06. The van der Waals surface area contributed by atoms with E-state index in [1.165, 1.54) is 82.0 Å². The Labute approximate surface area is 248 Å². The standard InChI is InChI=1S/C38H34BNS/c1-23-21-29-25-15-12-16-28(35-24(2)41-34-20-11-7-14-27(34)35)36(25)26-13-6-9-18-31(26)40(33(22-23)37(29)39)32-19-10-8-17-30(32)38(3,4)5/h6-22H,39H2,1-5H3. The van der Waals surface area contributed by atoms with Gasteiger partial charge in [-0.25, -0.2) is 0 Å². The first kappa shape index (κ1) is 25.9. The van der Waals surface area contributed by atoms with E-state index in [9.17, 15) is 0 Å². The molecular formula is C38H34BNS. The fraction of sp³-hybridized carbons (Fsp3) is 0.158. The molecule has 41 heavy (non-hydrogen) atoms. The Bertz CT molecular complexity index is 1970. The Kier molecular flexibility index (Phi) is 5.99. The van der Waals surface area contributed by atoms with E-state index in [1.54, 1.807) is 0 Å². The summed E-state index contributed by atoms with van der Waals surface area (Å²) in [4.78, 5) is 3.88. The van der Waals surface area contributed by atoms with Gasteiger partial charge in [0.05, 0.1) is 5.69 Å². The second kappa shape index (κ2) is 9.50. The first-order valence-electron chi connectivity index (χ1n) is 14.5. The van der Waals surface area contributed by atoms with E-state index in [-0.39, 0.29) is 5.41 Å². The number of benzene rings is 5. The molecule has 0 amide bonds. The van der Waals surface area contributed by atoms with Gasteiger partial charge in [-0.15, -0.1) is 11.3 Å². The van der Waals surface area contributed by atoms with E-state index in [2.05, 4.69) is 150 Å². The predicted molar refractivity (Wildman–Crippen MR) is 183 cm³/mol. The molecule has 0 aliphatic carbocycles. The van der Waals surface area contributed by atoms with Gasteiger partial charge in [0, 0.05) is 37.5 Å². The minimum Gasteiger partial charge on any atom is -0.310 e. The van der Waals surface area contributed by atoms with Crippen molar-refractivity contribution in [3.05, 3.63) is 119 Å². The van der Waals surface area contributed by atoms with Crippen LogP contribution in [0.1, 0.15) is 36.8 Å². The molecule has 1 aliphatic heterocycles. The van der Waals surface area contributed by atoms with Gasteiger partial charge >= 0.3 is 0 Å². The van der Waals surface area contributed by atoms with Gasteiger partial charge in [-0.05, 0) is 76.9 Å². The molecular weight excluding hydrogens is 513 g/mol. The highest BCUT2D eigenvalue weighted by atomic mass is 32.1. The molecule has 2 bridgehead atoms. The topological polar surface area (TPSA) is 3.24 Å². The molecule has 0 atom stereocenters. The number of nitrogens with zero attached hydrogens (tertiary/aromatic N) is 1. The number of fused-ring (bicyclic) bond motifs is 7. The largest absolute Gasteiger partial charge is 0.310 e. The highest BCUT2D eigenvalue weighted by Crippen LogP contribution is 2.52. The summed E-state index contributed by atoms with van der Waals surface area (Å²) in [5.41, 5.74) is 15.5. The average molecular weight is 548 g/mol. The quantitative estimate of drug-likeness (QED) is 0.195. The molecule has 0 spiro atoms. The van der Waals surface area contributed by atoms with Crippen LogP contribution in [-0.2, 0) is 5.41 Å². The monoisotopic (exact) mass is 547 g/mol. The molecule has 0 fully saturated rings. The second-order valence-corrected chi connectivity index (χ2v) is 13.6. The summed E-state index contributed by atoms with van der Waals surface area (Å²) in [6.45, 7) is 11.4. The number of anilines is 3. The van der Waals surface area contributed by atoms with E-state index in [0.717, 1.165) is 0 Å². The lowest BCUT2D eigenvalue weighted by molar-refractivity contribution is 0.591. The van der Waals surface area contributed by atoms with Crippen LogP contribution in [0.5, 0.6) is 0 Å². The second-order valence-electron chi connectivity index (χ2n) is 12.3. The summed E-state index contributed by atoms with van der Waals surface area (Å²) < 4.78 is 1.34. The highest BCUT2D eigenvalue weighted by Gasteiger charge is 2.30.